The Bertz CT molecular complexity index is 1920. The Hall–Kier alpha value is -5.22. The zero-order chi connectivity index (χ0) is 26.9. The van der Waals surface area contributed by atoms with E-state index in [0.29, 0.717) is 0 Å². The molecule has 192 valence electrons. The van der Waals surface area contributed by atoms with Gasteiger partial charge >= 0.3 is 0 Å². The molecule has 0 aliphatic rings. The van der Waals surface area contributed by atoms with Crippen LogP contribution in [0.5, 0.6) is 0 Å². The van der Waals surface area contributed by atoms with Crippen LogP contribution >= 0.6 is 0 Å². The summed E-state index contributed by atoms with van der Waals surface area (Å²) >= 11 is 0. The molecule has 0 saturated carbocycles. The third-order valence-electron chi connectivity index (χ3n) is 7.49. The van der Waals surface area contributed by atoms with Crippen molar-refractivity contribution in [1.82, 2.24) is 14.5 Å². The van der Waals surface area contributed by atoms with Gasteiger partial charge in [0.1, 0.15) is 0 Å². The van der Waals surface area contributed by atoms with E-state index in [9.17, 15) is 0 Å². The Morgan fingerprint density at radius 2 is 1.07 bits per heavy atom. The average molecular weight is 517 g/mol. The molecule has 0 spiro atoms. The Morgan fingerprint density at radius 3 is 1.77 bits per heavy atom. The smallest absolute Gasteiger partial charge is 0.0965 e. The molecule has 2 heterocycles. The summed E-state index contributed by atoms with van der Waals surface area (Å²) in [6.45, 7) is 3.14. The average Bonchev–Trinajstić information content (AvgIpc) is 3.35. The number of aromatic nitrogens is 3. The predicted octanol–water partition coefficient (Wildman–Crippen LogP) is 9.41. The van der Waals surface area contributed by atoms with Gasteiger partial charge in [0.15, 0.2) is 0 Å². The highest BCUT2D eigenvalue weighted by molar-refractivity contribution is 6.09. The van der Waals surface area contributed by atoms with E-state index in [2.05, 4.69) is 131 Å². The number of nitrogens with zero attached hydrogens (tertiary/aromatic N) is 4. The van der Waals surface area contributed by atoms with E-state index in [1.807, 2.05) is 18.2 Å². The Kier molecular flexibility index (Phi) is 6.06. The van der Waals surface area contributed by atoms with E-state index in [1.165, 1.54) is 21.8 Å². The molecule has 7 aromatic rings. The third kappa shape index (κ3) is 4.11. The Labute approximate surface area is 233 Å². The molecule has 0 aliphatic heterocycles. The van der Waals surface area contributed by atoms with Crippen LogP contribution in [0.4, 0.5) is 17.1 Å². The van der Waals surface area contributed by atoms with Crippen LogP contribution < -0.4 is 4.90 Å². The van der Waals surface area contributed by atoms with Crippen LogP contribution in [0.15, 0.2) is 140 Å². The van der Waals surface area contributed by atoms with Gasteiger partial charge in [0, 0.05) is 68.9 Å². The Morgan fingerprint density at radius 1 is 0.525 bits per heavy atom. The summed E-state index contributed by atoms with van der Waals surface area (Å²) in [6, 6.07) is 44.9. The molecule has 0 saturated heterocycles. The fraction of sp³-hybridized carbons (Fsp3) is 0.0556. The highest BCUT2D eigenvalue weighted by atomic mass is 15.1. The quantitative estimate of drug-likeness (QED) is 0.221. The molecular weight excluding hydrogens is 488 g/mol. The summed E-state index contributed by atoms with van der Waals surface area (Å²) < 4.78 is 2.39. The molecule has 0 unspecified atom stereocenters. The Balaban J connectivity index is 1.35. The molecule has 40 heavy (non-hydrogen) atoms. The molecule has 0 fully saturated rings. The van der Waals surface area contributed by atoms with Crippen molar-refractivity contribution in [2.75, 3.05) is 4.90 Å². The number of hydrogen-bond acceptors (Lipinski definition) is 3. The van der Waals surface area contributed by atoms with Crippen LogP contribution in [0, 0.1) is 0 Å². The van der Waals surface area contributed by atoms with Crippen molar-refractivity contribution in [1.29, 1.82) is 0 Å². The van der Waals surface area contributed by atoms with E-state index in [1.54, 1.807) is 12.4 Å². The van der Waals surface area contributed by atoms with E-state index >= 15 is 0 Å². The SMILES string of the molecule is CCn1c2ccccc2c2cc(N(c3ccccc3)c3ccc(-c4nccnc4-c4ccccc4)cc3)ccc21. The van der Waals surface area contributed by atoms with Gasteiger partial charge in [-0.05, 0) is 55.5 Å². The van der Waals surface area contributed by atoms with Crippen molar-refractivity contribution in [2.24, 2.45) is 0 Å². The number of benzene rings is 5. The van der Waals surface area contributed by atoms with E-state index in [0.717, 1.165) is 46.1 Å². The van der Waals surface area contributed by atoms with Crippen molar-refractivity contribution in [3.05, 3.63) is 140 Å². The first kappa shape index (κ1) is 23.9. The van der Waals surface area contributed by atoms with Crippen LogP contribution in [-0.4, -0.2) is 14.5 Å². The van der Waals surface area contributed by atoms with Gasteiger partial charge in [-0.1, -0.05) is 78.9 Å². The van der Waals surface area contributed by atoms with Crippen molar-refractivity contribution in [3.8, 4) is 22.5 Å². The van der Waals surface area contributed by atoms with Crippen molar-refractivity contribution in [2.45, 2.75) is 13.5 Å². The second-order valence-corrected chi connectivity index (χ2v) is 9.80. The van der Waals surface area contributed by atoms with Crippen LogP contribution in [0.25, 0.3) is 44.3 Å². The van der Waals surface area contributed by atoms with Gasteiger partial charge in [-0.2, -0.15) is 0 Å². The summed E-state index contributed by atoms with van der Waals surface area (Å²) in [4.78, 5) is 11.7. The fourth-order valence-corrected chi connectivity index (χ4v) is 5.67. The maximum Gasteiger partial charge on any atom is 0.0965 e. The first-order chi connectivity index (χ1) is 19.8. The third-order valence-corrected chi connectivity index (χ3v) is 7.49. The summed E-state index contributed by atoms with van der Waals surface area (Å²) in [5.74, 6) is 0. The number of para-hydroxylation sites is 2. The highest BCUT2D eigenvalue weighted by Gasteiger charge is 2.17. The maximum atomic E-state index is 4.71. The lowest BCUT2D eigenvalue weighted by Gasteiger charge is -2.26. The van der Waals surface area contributed by atoms with Crippen LogP contribution in [0.1, 0.15) is 6.92 Å². The van der Waals surface area contributed by atoms with Gasteiger partial charge in [-0.3, -0.25) is 9.97 Å². The van der Waals surface area contributed by atoms with Gasteiger partial charge in [0.05, 0.1) is 11.4 Å². The van der Waals surface area contributed by atoms with E-state index in [-0.39, 0.29) is 0 Å². The second-order valence-electron chi connectivity index (χ2n) is 9.80. The van der Waals surface area contributed by atoms with Crippen molar-refractivity contribution in [3.63, 3.8) is 0 Å². The second kappa shape index (κ2) is 10.2. The standard InChI is InChI=1S/C36H28N4/c1-2-39-33-16-10-9-15-31(33)32-25-30(21-22-34(32)39)40(28-13-7-4-8-14-28)29-19-17-27(18-20-29)36-35(37-23-24-38-36)26-11-5-3-6-12-26/h3-25H,2H2,1H3. The number of anilines is 3. The van der Waals surface area contributed by atoms with Gasteiger partial charge < -0.3 is 9.47 Å². The maximum absolute atomic E-state index is 4.71. The van der Waals surface area contributed by atoms with Gasteiger partial charge in [-0.15, -0.1) is 0 Å². The van der Waals surface area contributed by atoms with Crippen LogP contribution in [0.3, 0.4) is 0 Å². The molecule has 2 aromatic heterocycles. The van der Waals surface area contributed by atoms with Crippen LogP contribution in [0.2, 0.25) is 0 Å². The molecule has 0 amide bonds. The number of hydrogen-bond donors (Lipinski definition) is 0. The molecule has 0 radical (unpaired) electrons. The first-order valence-electron chi connectivity index (χ1n) is 13.6. The van der Waals surface area contributed by atoms with Gasteiger partial charge in [-0.25, -0.2) is 0 Å². The lowest BCUT2D eigenvalue weighted by Crippen LogP contribution is -2.09. The lowest BCUT2D eigenvalue weighted by atomic mass is 10.0. The highest BCUT2D eigenvalue weighted by Crippen LogP contribution is 2.39. The number of fused-ring (bicyclic) bond motifs is 3. The number of rotatable bonds is 6. The molecular formula is C36H28N4. The fourth-order valence-electron chi connectivity index (χ4n) is 5.67. The summed E-state index contributed by atoms with van der Waals surface area (Å²) in [5, 5.41) is 2.54. The molecule has 0 atom stereocenters. The monoisotopic (exact) mass is 516 g/mol. The minimum atomic E-state index is 0.875. The molecule has 0 bridgehead atoms. The van der Waals surface area contributed by atoms with Gasteiger partial charge in [0.25, 0.3) is 0 Å². The molecule has 5 aromatic carbocycles. The van der Waals surface area contributed by atoms with Crippen molar-refractivity contribution >= 4 is 38.9 Å². The molecule has 4 nitrogen and oxygen atoms in total. The minimum absolute atomic E-state index is 0.875. The molecule has 0 aliphatic carbocycles. The lowest BCUT2D eigenvalue weighted by molar-refractivity contribution is 0.827. The van der Waals surface area contributed by atoms with Crippen molar-refractivity contribution < 1.29 is 0 Å². The summed E-state index contributed by atoms with van der Waals surface area (Å²) in [6.07, 6.45) is 3.51. The first-order valence-corrected chi connectivity index (χ1v) is 13.6. The topological polar surface area (TPSA) is 34.0 Å². The largest absolute Gasteiger partial charge is 0.341 e. The molecule has 4 heteroatoms. The van der Waals surface area contributed by atoms with E-state index in [4.69, 9.17) is 4.98 Å². The summed E-state index contributed by atoms with van der Waals surface area (Å²) in [5.41, 5.74) is 9.68. The molecule has 7 rings (SSSR count). The van der Waals surface area contributed by atoms with E-state index < -0.39 is 0 Å². The zero-order valence-corrected chi connectivity index (χ0v) is 22.3. The normalized spacial score (nSPS) is 11.2. The predicted molar refractivity (Wildman–Crippen MR) is 166 cm³/mol. The zero-order valence-electron chi connectivity index (χ0n) is 22.3. The van der Waals surface area contributed by atoms with Gasteiger partial charge in [0.2, 0.25) is 0 Å². The summed E-state index contributed by atoms with van der Waals surface area (Å²) in [7, 11) is 0. The minimum Gasteiger partial charge on any atom is -0.341 e. The van der Waals surface area contributed by atoms with Crippen LogP contribution in [-0.2, 0) is 6.54 Å². The number of aryl methyl sites for hydroxylation is 1. The molecule has 0 N–H and O–H groups in total.